The minimum atomic E-state index is -0.517. The van der Waals surface area contributed by atoms with E-state index in [1.807, 2.05) is 50.5 Å². The van der Waals surface area contributed by atoms with Gasteiger partial charge in [-0.25, -0.2) is 14.3 Å². The molecular weight excluding hydrogens is 406 g/mol. The van der Waals surface area contributed by atoms with Gasteiger partial charge in [-0.15, -0.1) is 0 Å². The number of alkyl carbamates (subject to hydrolysis) is 1. The Balaban J connectivity index is 1.55. The van der Waals surface area contributed by atoms with Crippen molar-refractivity contribution < 1.29 is 14.3 Å². The average molecular weight is 438 g/mol. The van der Waals surface area contributed by atoms with Crippen LogP contribution in [0.5, 0.6) is 0 Å². The molecule has 2 aromatic heterocycles. The fourth-order valence-corrected chi connectivity index (χ4v) is 3.89. The predicted molar refractivity (Wildman–Crippen MR) is 124 cm³/mol. The van der Waals surface area contributed by atoms with E-state index in [2.05, 4.69) is 39.4 Å². The SMILES string of the molecule is Cc1cc(-c2ncnn3cc(N4CCOC(C)C4)cc23)ccc1CNC(=O)OC(C)(C)C. The van der Waals surface area contributed by atoms with Gasteiger partial charge in [-0.2, -0.15) is 5.10 Å². The molecule has 1 aliphatic heterocycles. The Kier molecular flexibility index (Phi) is 6.06. The van der Waals surface area contributed by atoms with Gasteiger partial charge in [0.25, 0.3) is 0 Å². The number of aromatic nitrogens is 3. The van der Waals surface area contributed by atoms with Crippen LogP contribution in [-0.4, -0.2) is 52.1 Å². The summed E-state index contributed by atoms with van der Waals surface area (Å²) in [5.41, 5.74) is 5.55. The zero-order valence-electron chi connectivity index (χ0n) is 19.4. The molecule has 1 fully saturated rings. The molecule has 0 bridgehead atoms. The number of hydrogen-bond acceptors (Lipinski definition) is 6. The summed E-state index contributed by atoms with van der Waals surface area (Å²) in [7, 11) is 0. The topological polar surface area (TPSA) is 81.0 Å². The summed E-state index contributed by atoms with van der Waals surface area (Å²) in [5.74, 6) is 0. The number of aryl methyl sites for hydroxylation is 1. The predicted octanol–water partition coefficient (Wildman–Crippen LogP) is 3.95. The first-order chi connectivity index (χ1) is 15.2. The normalized spacial score (nSPS) is 16.9. The molecule has 1 N–H and O–H groups in total. The molecule has 3 aromatic rings. The lowest BCUT2D eigenvalue weighted by Gasteiger charge is -2.31. The van der Waals surface area contributed by atoms with Crippen LogP contribution in [-0.2, 0) is 16.0 Å². The summed E-state index contributed by atoms with van der Waals surface area (Å²) in [4.78, 5) is 18.9. The van der Waals surface area contributed by atoms with Crippen molar-refractivity contribution in [1.82, 2.24) is 19.9 Å². The van der Waals surface area contributed by atoms with E-state index in [9.17, 15) is 4.79 Å². The molecule has 0 saturated carbocycles. The molecular formula is C24H31N5O3. The van der Waals surface area contributed by atoms with Gasteiger partial charge in [0, 0.05) is 25.2 Å². The first kappa shape index (κ1) is 22.1. The van der Waals surface area contributed by atoms with Crippen LogP contribution in [0.15, 0.2) is 36.8 Å². The number of benzene rings is 1. The maximum atomic E-state index is 12.0. The van der Waals surface area contributed by atoms with Crippen LogP contribution in [0.3, 0.4) is 0 Å². The van der Waals surface area contributed by atoms with Gasteiger partial charge in [-0.3, -0.25) is 0 Å². The third-order valence-electron chi connectivity index (χ3n) is 5.44. The summed E-state index contributed by atoms with van der Waals surface area (Å²) in [5, 5.41) is 7.23. The minimum Gasteiger partial charge on any atom is -0.444 e. The Morgan fingerprint density at radius 1 is 1.31 bits per heavy atom. The van der Waals surface area contributed by atoms with Crippen molar-refractivity contribution in [2.45, 2.75) is 52.9 Å². The monoisotopic (exact) mass is 437 g/mol. The van der Waals surface area contributed by atoms with E-state index in [-0.39, 0.29) is 6.10 Å². The highest BCUT2D eigenvalue weighted by atomic mass is 16.6. The summed E-state index contributed by atoms with van der Waals surface area (Å²) in [6.07, 6.45) is 3.42. The summed E-state index contributed by atoms with van der Waals surface area (Å²) in [6.45, 7) is 12.5. The Morgan fingerprint density at radius 3 is 2.84 bits per heavy atom. The average Bonchev–Trinajstić information content (AvgIpc) is 3.16. The van der Waals surface area contributed by atoms with Crippen LogP contribution < -0.4 is 10.2 Å². The van der Waals surface area contributed by atoms with E-state index in [0.29, 0.717) is 6.54 Å². The van der Waals surface area contributed by atoms with E-state index in [1.54, 1.807) is 6.33 Å². The van der Waals surface area contributed by atoms with Crippen LogP contribution in [0.25, 0.3) is 16.8 Å². The van der Waals surface area contributed by atoms with Crippen molar-refractivity contribution in [3.63, 3.8) is 0 Å². The van der Waals surface area contributed by atoms with Gasteiger partial charge < -0.3 is 19.7 Å². The molecule has 8 nitrogen and oxygen atoms in total. The number of anilines is 1. The minimum absolute atomic E-state index is 0.210. The summed E-state index contributed by atoms with van der Waals surface area (Å²) in [6, 6.07) is 8.29. The quantitative estimate of drug-likeness (QED) is 0.666. The van der Waals surface area contributed by atoms with Crippen LogP contribution in [0.2, 0.25) is 0 Å². The van der Waals surface area contributed by atoms with Crippen molar-refractivity contribution in [2.24, 2.45) is 0 Å². The molecule has 32 heavy (non-hydrogen) atoms. The zero-order chi connectivity index (χ0) is 22.9. The van der Waals surface area contributed by atoms with Gasteiger partial charge in [-0.1, -0.05) is 12.1 Å². The van der Waals surface area contributed by atoms with Gasteiger partial charge in [0.05, 0.1) is 35.8 Å². The molecule has 1 aliphatic rings. The van der Waals surface area contributed by atoms with E-state index in [0.717, 1.165) is 53.3 Å². The van der Waals surface area contributed by atoms with E-state index in [4.69, 9.17) is 9.47 Å². The zero-order valence-corrected chi connectivity index (χ0v) is 19.4. The molecule has 8 heteroatoms. The Bertz CT molecular complexity index is 1120. The van der Waals surface area contributed by atoms with Gasteiger partial charge in [0.1, 0.15) is 11.9 Å². The molecule has 1 aromatic carbocycles. The number of nitrogens with one attached hydrogen (secondary N) is 1. The lowest BCUT2D eigenvalue weighted by molar-refractivity contribution is 0.0521. The third kappa shape index (κ3) is 5.02. The fraction of sp³-hybridized carbons (Fsp3) is 0.458. The largest absolute Gasteiger partial charge is 0.444 e. The molecule has 1 atom stereocenters. The summed E-state index contributed by atoms with van der Waals surface area (Å²) >= 11 is 0. The fourth-order valence-electron chi connectivity index (χ4n) is 3.89. The molecule has 1 amide bonds. The molecule has 0 aliphatic carbocycles. The van der Waals surface area contributed by atoms with Gasteiger partial charge in [-0.05, 0) is 57.9 Å². The standard InChI is InChI=1S/C24H31N5O3/c1-16-10-18(6-7-19(16)12-25-23(30)32-24(3,4)5)22-21-11-20(14-29(21)27-15-26-22)28-8-9-31-17(2)13-28/h6-7,10-11,14-15,17H,8-9,12-13H2,1-5H3,(H,25,30). The van der Waals surface area contributed by atoms with E-state index < -0.39 is 11.7 Å². The number of morpholine rings is 1. The maximum Gasteiger partial charge on any atom is 0.407 e. The maximum absolute atomic E-state index is 12.0. The van der Waals surface area contributed by atoms with Crippen LogP contribution >= 0.6 is 0 Å². The highest BCUT2D eigenvalue weighted by Gasteiger charge is 2.20. The number of ether oxygens (including phenoxy) is 2. The highest BCUT2D eigenvalue weighted by Crippen LogP contribution is 2.29. The number of hydrogen-bond donors (Lipinski definition) is 1. The third-order valence-corrected chi connectivity index (χ3v) is 5.44. The number of fused-ring (bicyclic) bond motifs is 1. The van der Waals surface area contributed by atoms with Crippen molar-refractivity contribution in [1.29, 1.82) is 0 Å². The van der Waals surface area contributed by atoms with Crippen LogP contribution in [0.1, 0.15) is 38.8 Å². The molecule has 3 heterocycles. The molecule has 4 rings (SSSR count). The van der Waals surface area contributed by atoms with E-state index in [1.165, 1.54) is 0 Å². The number of carbonyl (C=O) groups excluding carboxylic acids is 1. The van der Waals surface area contributed by atoms with Crippen molar-refractivity contribution in [3.05, 3.63) is 47.9 Å². The number of amides is 1. The Hall–Kier alpha value is -3.13. The first-order valence-corrected chi connectivity index (χ1v) is 11.0. The smallest absolute Gasteiger partial charge is 0.407 e. The highest BCUT2D eigenvalue weighted by molar-refractivity contribution is 5.80. The Labute approximate surface area is 188 Å². The van der Waals surface area contributed by atoms with Gasteiger partial charge >= 0.3 is 6.09 Å². The first-order valence-electron chi connectivity index (χ1n) is 11.0. The number of rotatable bonds is 4. The van der Waals surface area contributed by atoms with E-state index >= 15 is 0 Å². The number of nitrogens with zero attached hydrogens (tertiary/aromatic N) is 4. The molecule has 0 spiro atoms. The second-order valence-corrected chi connectivity index (χ2v) is 9.26. The molecule has 0 radical (unpaired) electrons. The molecule has 170 valence electrons. The Morgan fingerprint density at radius 2 is 2.12 bits per heavy atom. The lowest BCUT2D eigenvalue weighted by Crippen LogP contribution is -2.40. The summed E-state index contributed by atoms with van der Waals surface area (Å²) < 4.78 is 12.9. The molecule has 1 saturated heterocycles. The van der Waals surface area contributed by atoms with Crippen molar-refractivity contribution in [2.75, 3.05) is 24.6 Å². The van der Waals surface area contributed by atoms with Crippen LogP contribution in [0, 0.1) is 6.92 Å². The molecule has 1 unspecified atom stereocenters. The van der Waals surface area contributed by atoms with Gasteiger partial charge in [0.15, 0.2) is 0 Å². The lowest BCUT2D eigenvalue weighted by atomic mass is 10.0. The second kappa shape index (κ2) is 8.78. The van der Waals surface area contributed by atoms with Crippen LogP contribution in [0.4, 0.5) is 10.5 Å². The van der Waals surface area contributed by atoms with Crippen molar-refractivity contribution in [3.8, 4) is 11.3 Å². The number of carbonyl (C=O) groups is 1. The van der Waals surface area contributed by atoms with Gasteiger partial charge in [0.2, 0.25) is 0 Å². The van der Waals surface area contributed by atoms with Crippen molar-refractivity contribution >= 4 is 17.3 Å². The second-order valence-electron chi connectivity index (χ2n) is 9.26.